The Morgan fingerprint density at radius 2 is 2.00 bits per heavy atom. The first kappa shape index (κ1) is 14.4. The third-order valence-electron chi connectivity index (χ3n) is 4.06. The molecule has 2 heteroatoms. The Labute approximate surface area is 118 Å². The Morgan fingerprint density at radius 3 is 2.63 bits per heavy atom. The fourth-order valence-corrected chi connectivity index (χ4v) is 2.63. The third kappa shape index (κ3) is 4.24. The van der Waals surface area contributed by atoms with Crippen molar-refractivity contribution < 1.29 is 0 Å². The molecule has 0 aliphatic heterocycles. The summed E-state index contributed by atoms with van der Waals surface area (Å²) in [5.41, 5.74) is 2.80. The summed E-state index contributed by atoms with van der Waals surface area (Å²) >= 11 is 0. The molecule has 0 aromatic heterocycles. The van der Waals surface area contributed by atoms with Gasteiger partial charge in [-0.2, -0.15) is 0 Å². The summed E-state index contributed by atoms with van der Waals surface area (Å²) in [7, 11) is 2.23. The maximum absolute atomic E-state index is 3.55. The van der Waals surface area contributed by atoms with E-state index in [2.05, 4.69) is 62.3 Å². The van der Waals surface area contributed by atoms with Crippen molar-refractivity contribution >= 4 is 5.69 Å². The second-order valence-corrected chi connectivity index (χ2v) is 6.51. The average Bonchev–Trinajstić information content (AvgIpc) is 3.05. The number of nitrogens with one attached hydrogen (secondary N) is 1. The lowest BCUT2D eigenvalue weighted by Gasteiger charge is -2.23. The van der Waals surface area contributed by atoms with Crippen molar-refractivity contribution in [1.29, 1.82) is 0 Å². The van der Waals surface area contributed by atoms with E-state index >= 15 is 0 Å². The van der Waals surface area contributed by atoms with E-state index in [-0.39, 0.29) is 0 Å². The molecule has 1 aromatic carbocycles. The van der Waals surface area contributed by atoms with E-state index < -0.39 is 0 Å². The minimum absolute atomic E-state index is 0.706. The molecular formula is C17H28N2. The Kier molecular flexibility index (Phi) is 4.87. The van der Waals surface area contributed by atoms with Crippen LogP contribution >= 0.6 is 0 Å². The summed E-state index contributed by atoms with van der Waals surface area (Å²) in [6.07, 6.45) is 1.40. The summed E-state index contributed by atoms with van der Waals surface area (Å²) < 4.78 is 0. The van der Waals surface area contributed by atoms with Crippen LogP contribution in [0.25, 0.3) is 0 Å². The average molecular weight is 260 g/mol. The molecule has 106 valence electrons. The van der Waals surface area contributed by atoms with E-state index in [1.807, 2.05) is 0 Å². The summed E-state index contributed by atoms with van der Waals surface area (Å²) in [6.45, 7) is 10.1. The molecule has 1 aliphatic carbocycles. The molecule has 0 heterocycles. The first-order valence-corrected chi connectivity index (χ1v) is 7.57. The van der Waals surface area contributed by atoms with E-state index in [0.29, 0.717) is 5.92 Å². The highest BCUT2D eigenvalue weighted by molar-refractivity contribution is 5.53. The summed E-state index contributed by atoms with van der Waals surface area (Å²) in [6, 6.07) is 8.78. The van der Waals surface area contributed by atoms with E-state index in [1.165, 1.54) is 24.2 Å². The van der Waals surface area contributed by atoms with Gasteiger partial charge in [0.1, 0.15) is 0 Å². The zero-order valence-electron chi connectivity index (χ0n) is 12.8. The van der Waals surface area contributed by atoms with Gasteiger partial charge in [0.15, 0.2) is 0 Å². The van der Waals surface area contributed by atoms with Gasteiger partial charge >= 0.3 is 0 Å². The van der Waals surface area contributed by atoms with Crippen LogP contribution in [0.1, 0.15) is 32.8 Å². The highest BCUT2D eigenvalue weighted by atomic mass is 15.1. The summed E-state index contributed by atoms with van der Waals surface area (Å²) in [5, 5.41) is 3.55. The van der Waals surface area contributed by atoms with Crippen LogP contribution in [0.4, 0.5) is 5.69 Å². The Morgan fingerprint density at radius 1 is 1.32 bits per heavy atom. The number of anilines is 1. The molecule has 1 fully saturated rings. The summed E-state index contributed by atoms with van der Waals surface area (Å²) in [5.74, 6) is 2.53. The van der Waals surface area contributed by atoms with Crippen molar-refractivity contribution in [2.24, 2.45) is 17.8 Å². The van der Waals surface area contributed by atoms with Crippen LogP contribution in [0.2, 0.25) is 0 Å². The lowest BCUT2D eigenvalue weighted by Crippen LogP contribution is -2.24. The highest BCUT2D eigenvalue weighted by Gasteiger charge is 2.33. The van der Waals surface area contributed by atoms with Crippen molar-refractivity contribution in [3.05, 3.63) is 29.8 Å². The number of hydrogen-bond donors (Lipinski definition) is 1. The van der Waals surface area contributed by atoms with Crippen LogP contribution in [-0.4, -0.2) is 20.1 Å². The molecule has 0 radical (unpaired) electrons. The molecule has 0 saturated heterocycles. The van der Waals surface area contributed by atoms with Crippen LogP contribution in [0.15, 0.2) is 24.3 Å². The Bertz CT molecular complexity index is 400. The van der Waals surface area contributed by atoms with Crippen LogP contribution < -0.4 is 10.2 Å². The van der Waals surface area contributed by atoms with Crippen LogP contribution in [0, 0.1) is 17.8 Å². The molecule has 0 bridgehead atoms. The van der Waals surface area contributed by atoms with E-state index in [4.69, 9.17) is 0 Å². The van der Waals surface area contributed by atoms with Gasteiger partial charge in [0.05, 0.1) is 0 Å². The Balaban J connectivity index is 1.94. The maximum atomic E-state index is 3.55. The molecule has 1 aromatic rings. The smallest absolute Gasteiger partial charge is 0.0409 e. The third-order valence-corrected chi connectivity index (χ3v) is 4.06. The molecule has 2 atom stereocenters. The molecule has 0 amide bonds. The largest absolute Gasteiger partial charge is 0.374 e. The van der Waals surface area contributed by atoms with Gasteiger partial charge in [0.25, 0.3) is 0 Å². The number of rotatable bonds is 7. The molecular weight excluding hydrogens is 232 g/mol. The minimum atomic E-state index is 0.706. The quantitative estimate of drug-likeness (QED) is 0.807. The molecule has 2 nitrogen and oxygen atoms in total. The monoisotopic (exact) mass is 260 g/mol. The highest BCUT2D eigenvalue weighted by Crippen LogP contribution is 2.39. The van der Waals surface area contributed by atoms with Gasteiger partial charge in [-0.15, -0.1) is 0 Å². The van der Waals surface area contributed by atoms with Gasteiger partial charge in [-0.1, -0.05) is 39.0 Å². The SMILES string of the molecule is CC(C)CNCc1ccccc1N(C)CC1CC1C. The van der Waals surface area contributed by atoms with Crippen molar-refractivity contribution in [2.45, 2.75) is 33.7 Å². The lowest BCUT2D eigenvalue weighted by molar-refractivity contribution is 0.552. The van der Waals surface area contributed by atoms with Crippen molar-refractivity contribution in [2.75, 3.05) is 25.0 Å². The van der Waals surface area contributed by atoms with Crippen LogP contribution in [-0.2, 0) is 6.54 Å². The fraction of sp³-hybridized carbons (Fsp3) is 0.647. The van der Waals surface area contributed by atoms with Crippen molar-refractivity contribution in [3.63, 3.8) is 0 Å². The van der Waals surface area contributed by atoms with Gasteiger partial charge in [0.2, 0.25) is 0 Å². The maximum Gasteiger partial charge on any atom is 0.0409 e. The zero-order valence-corrected chi connectivity index (χ0v) is 12.8. The molecule has 1 aliphatic rings. The first-order chi connectivity index (χ1) is 9.08. The standard InChI is InChI=1S/C17H28N2/c1-13(2)10-18-11-15-7-5-6-8-17(15)19(4)12-16-9-14(16)3/h5-8,13-14,16,18H,9-12H2,1-4H3. The Hall–Kier alpha value is -1.02. The topological polar surface area (TPSA) is 15.3 Å². The molecule has 2 unspecified atom stereocenters. The molecule has 0 spiro atoms. The predicted octanol–water partition coefficient (Wildman–Crippen LogP) is 3.52. The molecule has 2 rings (SSSR count). The van der Waals surface area contributed by atoms with Gasteiger partial charge in [-0.3, -0.25) is 0 Å². The van der Waals surface area contributed by atoms with Gasteiger partial charge in [0, 0.05) is 25.8 Å². The number of nitrogens with zero attached hydrogens (tertiary/aromatic N) is 1. The van der Waals surface area contributed by atoms with E-state index in [9.17, 15) is 0 Å². The second kappa shape index (κ2) is 6.42. The normalized spacial score (nSPS) is 21.7. The van der Waals surface area contributed by atoms with Gasteiger partial charge < -0.3 is 10.2 Å². The minimum Gasteiger partial charge on any atom is -0.374 e. The van der Waals surface area contributed by atoms with Crippen molar-refractivity contribution in [1.82, 2.24) is 5.32 Å². The van der Waals surface area contributed by atoms with Crippen molar-refractivity contribution in [3.8, 4) is 0 Å². The fourth-order valence-electron chi connectivity index (χ4n) is 2.63. The van der Waals surface area contributed by atoms with E-state index in [1.54, 1.807) is 0 Å². The lowest BCUT2D eigenvalue weighted by atomic mass is 10.1. The van der Waals surface area contributed by atoms with Crippen LogP contribution in [0.3, 0.4) is 0 Å². The van der Waals surface area contributed by atoms with E-state index in [0.717, 1.165) is 24.9 Å². The first-order valence-electron chi connectivity index (χ1n) is 7.57. The summed E-state index contributed by atoms with van der Waals surface area (Å²) in [4.78, 5) is 2.43. The van der Waals surface area contributed by atoms with Crippen LogP contribution in [0.5, 0.6) is 0 Å². The predicted molar refractivity (Wildman–Crippen MR) is 83.5 cm³/mol. The van der Waals surface area contributed by atoms with Gasteiger partial charge in [-0.25, -0.2) is 0 Å². The number of benzene rings is 1. The zero-order chi connectivity index (χ0) is 13.8. The number of para-hydroxylation sites is 1. The molecule has 1 saturated carbocycles. The molecule has 19 heavy (non-hydrogen) atoms. The second-order valence-electron chi connectivity index (χ2n) is 6.51. The van der Waals surface area contributed by atoms with Gasteiger partial charge in [-0.05, 0) is 42.3 Å². The molecule has 1 N–H and O–H groups in total. The number of hydrogen-bond acceptors (Lipinski definition) is 2.